The molecule has 0 radical (unpaired) electrons. The number of fused-ring (bicyclic) bond motifs is 1. The summed E-state index contributed by atoms with van der Waals surface area (Å²) in [6, 6.07) is 5.13. The third-order valence-corrected chi connectivity index (χ3v) is 4.89. The van der Waals surface area contributed by atoms with Crippen LogP contribution in [0.25, 0.3) is 10.9 Å². The number of amides is 1. The number of benzene rings is 1. The fraction of sp³-hybridized carbons (Fsp3) is 0.471. The molecular formula is C17H22ClN3O2S. The lowest BCUT2D eigenvalue weighted by Gasteiger charge is -2.16. The minimum absolute atomic E-state index is 0.0507. The molecule has 1 N–H and O–H groups in total. The molecule has 1 amide bonds. The zero-order valence-electron chi connectivity index (χ0n) is 14.3. The normalized spacial score (nSPS) is 12.6. The van der Waals surface area contributed by atoms with Gasteiger partial charge in [-0.3, -0.25) is 14.2 Å². The minimum Gasteiger partial charge on any atom is -0.353 e. The van der Waals surface area contributed by atoms with Gasteiger partial charge in [0.05, 0.1) is 16.7 Å². The average molecular weight is 368 g/mol. The van der Waals surface area contributed by atoms with E-state index in [1.807, 2.05) is 27.7 Å². The summed E-state index contributed by atoms with van der Waals surface area (Å²) >= 11 is 7.27. The second kappa shape index (κ2) is 8.03. The van der Waals surface area contributed by atoms with Crippen LogP contribution in [0, 0.1) is 0 Å². The SMILES string of the molecule is CC[C@@H](C)NC(=O)CSc1nc2cc(Cl)ccc2c(=O)n1C(C)C. The molecule has 7 heteroatoms. The van der Waals surface area contributed by atoms with Gasteiger partial charge in [-0.1, -0.05) is 30.3 Å². The molecule has 0 aliphatic heterocycles. The van der Waals surface area contributed by atoms with Crippen LogP contribution in [0.15, 0.2) is 28.2 Å². The molecule has 24 heavy (non-hydrogen) atoms. The fourth-order valence-corrected chi connectivity index (χ4v) is 3.36. The van der Waals surface area contributed by atoms with Crippen LogP contribution in [-0.4, -0.2) is 27.3 Å². The number of hydrogen-bond donors (Lipinski definition) is 1. The maximum Gasteiger partial charge on any atom is 0.262 e. The summed E-state index contributed by atoms with van der Waals surface area (Å²) in [6.45, 7) is 7.83. The third-order valence-electron chi connectivity index (χ3n) is 3.70. The van der Waals surface area contributed by atoms with Crippen LogP contribution < -0.4 is 10.9 Å². The van der Waals surface area contributed by atoms with Gasteiger partial charge in [0, 0.05) is 17.1 Å². The summed E-state index contributed by atoms with van der Waals surface area (Å²) in [5, 5.41) is 4.50. The second-order valence-electron chi connectivity index (χ2n) is 5.99. The molecule has 0 aliphatic rings. The second-order valence-corrected chi connectivity index (χ2v) is 7.37. The van der Waals surface area contributed by atoms with E-state index >= 15 is 0 Å². The summed E-state index contributed by atoms with van der Waals surface area (Å²) in [7, 11) is 0. The van der Waals surface area contributed by atoms with Crippen LogP contribution >= 0.6 is 23.4 Å². The van der Waals surface area contributed by atoms with Gasteiger partial charge in [0.15, 0.2) is 5.16 Å². The highest BCUT2D eigenvalue weighted by Gasteiger charge is 2.16. The Balaban J connectivity index is 2.36. The molecule has 1 aromatic carbocycles. The number of aromatic nitrogens is 2. The number of halogens is 1. The van der Waals surface area contributed by atoms with Crippen molar-refractivity contribution in [2.75, 3.05) is 5.75 Å². The van der Waals surface area contributed by atoms with Gasteiger partial charge in [-0.15, -0.1) is 0 Å². The average Bonchev–Trinajstić information content (AvgIpc) is 2.51. The van der Waals surface area contributed by atoms with Crippen LogP contribution in [0.5, 0.6) is 0 Å². The Morgan fingerprint density at radius 1 is 1.38 bits per heavy atom. The number of carbonyl (C=O) groups excluding carboxylic acids is 1. The number of hydrogen-bond acceptors (Lipinski definition) is 4. The Morgan fingerprint density at radius 2 is 2.08 bits per heavy atom. The highest BCUT2D eigenvalue weighted by atomic mass is 35.5. The summed E-state index contributed by atoms with van der Waals surface area (Å²) in [5.74, 6) is 0.153. The summed E-state index contributed by atoms with van der Waals surface area (Å²) in [4.78, 5) is 29.3. The highest BCUT2D eigenvalue weighted by molar-refractivity contribution is 7.99. The molecule has 0 fully saturated rings. The predicted octanol–water partition coefficient (Wildman–Crippen LogP) is 3.64. The standard InChI is InChI=1S/C17H22ClN3O2S/c1-5-11(4)19-15(22)9-24-17-20-14-8-12(18)6-7-13(14)16(23)21(17)10(2)3/h6-8,10-11H,5,9H2,1-4H3,(H,19,22)/t11-/m1/s1. The van der Waals surface area contributed by atoms with Crippen molar-refractivity contribution in [2.45, 2.75) is 51.4 Å². The van der Waals surface area contributed by atoms with Crippen molar-refractivity contribution in [3.05, 3.63) is 33.6 Å². The molecule has 5 nitrogen and oxygen atoms in total. The molecule has 130 valence electrons. The van der Waals surface area contributed by atoms with Crippen molar-refractivity contribution in [2.24, 2.45) is 0 Å². The van der Waals surface area contributed by atoms with Crippen molar-refractivity contribution in [1.29, 1.82) is 0 Å². The number of thioether (sulfide) groups is 1. The van der Waals surface area contributed by atoms with Gasteiger partial charge < -0.3 is 5.32 Å². The Bertz CT molecular complexity index is 804. The van der Waals surface area contributed by atoms with Gasteiger partial charge in [0.2, 0.25) is 5.91 Å². The van der Waals surface area contributed by atoms with Crippen LogP contribution in [0.2, 0.25) is 5.02 Å². The van der Waals surface area contributed by atoms with Crippen molar-refractivity contribution in [3.63, 3.8) is 0 Å². The molecule has 1 atom stereocenters. The van der Waals surface area contributed by atoms with Gasteiger partial charge in [-0.05, 0) is 45.4 Å². The lowest BCUT2D eigenvalue weighted by atomic mass is 10.2. The predicted molar refractivity (Wildman–Crippen MR) is 100 cm³/mol. The number of carbonyl (C=O) groups is 1. The van der Waals surface area contributed by atoms with E-state index in [1.54, 1.807) is 22.8 Å². The van der Waals surface area contributed by atoms with Crippen LogP contribution in [-0.2, 0) is 4.79 Å². The Hall–Kier alpha value is -1.53. The first kappa shape index (κ1) is 18.8. The topological polar surface area (TPSA) is 64.0 Å². The van der Waals surface area contributed by atoms with Gasteiger partial charge in [0.25, 0.3) is 5.56 Å². The highest BCUT2D eigenvalue weighted by Crippen LogP contribution is 2.22. The minimum atomic E-state index is -0.114. The zero-order valence-corrected chi connectivity index (χ0v) is 15.9. The lowest BCUT2D eigenvalue weighted by Crippen LogP contribution is -2.33. The van der Waals surface area contributed by atoms with E-state index in [-0.39, 0.29) is 29.3 Å². The van der Waals surface area contributed by atoms with E-state index < -0.39 is 0 Å². The molecule has 0 saturated carbocycles. The zero-order chi connectivity index (χ0) is 17.9. The molecule has 1 heterocycles. The first-order valence-electron chi connectivity index (χ1n) is 7.97. The van der Waals surface area contributed by atoms with E-state index in [0.717, 1.165) is 6.42 Å². The molecule has 0 aliphatic carbocycles. The molecule has 0 spiro atoms. The van der Waals surface area contributed by atoms with E-state index in [1.165, 1.54) is 11.8 Å². The molecule has 2 rings (SSSR count). The summed E-state index contributed by atoms with van der Waals surface area (Å²) in [5.41, 5.74) is 0.436. The van der Waals surface area contributed by atoms with Crippen molar-refractivity contribution in [1.82, 2.24) is 14.9 Å². The van der Waals surface area contributed by atoms with Gasteiger partial charge in [-0.25, -0.2) is 4.98 Å². The lowest BCUT2D eigenvalue weighted by molar-refractivity contribution is -0.119. The summed E-state index contributed by atoms with van der Waals surface area (Å²) < 4.78 is 1.62. The first-order valence-corrected chi connectivity index (χ1v) is 9.33. The number of nitrogens with zero attached hydrogens (tertiary/aromatic N) is 2. The monoisotopic (exact) mass is 367 g/mol. The maximum absolute atomic E-state index is 12.7. The van der Waals surface area contributed by atoms with E-state index in [4.69, 9.17) is 11.6 Å². The Labute approximate surface area is 150 Å². The first-order chi connectivity index (χ1) is 11.3. The van der Waals surface area contributed by atoms with Gasteiger partial charge in [-0.2, -0.15) is 0 Å². The quantitative estimate of drug-likeness (QED) is 0.625. The smallest absolute Gasteiger partial charge is 0.262 e. The van der Waals surface area contributed by atoms with Crippen LogP contribution in [0.3, 0.4) is 0 Å². The maximum atomic E-state index is 12.7. The van der Waals surface area contributed by atoms with E-state index in [0.29, 0.717) is 21.1 Å². The fourth-order valence-electron chi connectivity index (χ4n) is 2.26. The number of rotatable bonds is 6. The molecule has 2 aromatic rings. The Kier molecular flexibility index (Phi) is 6.29. The largest absolute Gasteiger partial charge is 0.353 e. The van der Waals surface area contributed by atoms with E-state index in [2.05, 4.69) is 10.3 Å². The Morgan fingerprint density at radius 3 is 2.71 bits per heavy atom. The van der Waals surface area contributed by atoms with Crippen LogP contribution in [0.4, 0.5) is 0 Å². The number of nitrogens with one attached hydrogen (secondary N) is 1. The molecule has 0 bridgehead atoms. The van der Waals surface area contributed by atoms with E-state index in [9.17, 15) is 9.59 Å². The molecular weight excluding hydrogens is 346 g/mol. The molecule has 0 saturated heterocycles. The van der Waals surface area contributed by atoms with Gasteiger partial charge >= 0.3 is 0 Å². The van der Waals surface area contributed by atoms with Crippen molar-refractivity contribution < 1.29 is 4.79 Å². The summed E-state index contributed by atoms with van der Waals surface area (Å²) in [6.07, 6.45) is 0.875. The van der Waals surface area contributed by atoms with Crippen molar-refractivity contribution in [3.8, 4) is 0 Å². The molecule has 0 unspecified atom stereocenters. The molecule has 1 aromatic heterocycles. The third kappa shape index (κ3) is 4.30. The van der Waals surface area contributed by atoms with Crippen LogP contribution in [0.1, 0.15) is 40.2 Å². The van der Waals surface area contributed by atoms with Gasteiger partial charge in [0.1, 0.15) is 0 Å². The van der Waals surface area contributed by atoms with Crippen molar-refractivity contribution >= 4 is 40.2 Å².